The van der Waals surface area contributed by atoms with E-state index in [4.69, 9.17) is 0 Å². The molecule has 3 rings (SSSR count). The van der Waals surface area contributed by atoms with Crippen LogP contribution >= 0.6 is 11.8 Å². The van der Waals surface area contributed by atoms with E-state index in [2.05, 4.69) is 22.0 Å². The minimum atomic E-state index is -0.190. The van der Waals surface area contributed by atoms with E-state index in [1.807, 2.05) is 31.2 Å². The highest BCUT2D eigenvalue weighted by Crippen LogP contribution is 2.19. The molecular formula is C14H14N4OS. The highest BCUT2D eigenvalue weighted by Gasteiger charge is 2.31. The number of para-hydroxylation sites is 1. The van der Waals surface area contributed by atoms with Crippen molar-refractivity contribution >= 4 is 28.5 Å². The summed E-state index contributed by atoms with van der Waals surface area (Å²) in [7, 11) is 0. The second kappa shape index (κ2) is 5.13. The van der Waals surface area contributed by atoms with Crippen molar-refractivity contribution in [1.82, 2.24) is 10.3 Å². The Hall–Kier alpha value is -2.08. The average Bonchev–Trinajstić information content (AvgIpc) is 2.45. The summed E-state index contributed by atoms with van der Waals surface area (Å²) in [5.41, 5.74) is 0.561. The summed E-state index contributed by atoms with van der Waals surface area (Å²) in [4.78, 5) is 16.9. The lowest BCUT2D eigenvalue weighted by atomic mass is 10.2. The lowest BCUT2D eigenvalue weighted by Crippen LogP contribution is -2.51. The maximum Gasteiger partial charge on any atom is 0.276 e. The number of carbonyl (C=O) groups is 1. The third-order valence-electron chi connectivity index (χ3n) is 3.04. The minimum Gasteiger partial charge on any atom is -0.298 e. The number of fused-ring (bicyclic) bond motifs is 2. The number of hydrogen-bond donors (Lipinski definition) is 1. The van der Waals surface area contributed by atoms with Gasteiger partial charge in [-0.25, -0.2) is 5.01 Å². The topological polar surface area (TPSA) is 57.1 Å². The van der Waals surface area contributed by atoms with Gasteiger partial charge in [0.05, 0.1) is 5.36 Å². The molecule has 1 aromatic carbocycles. The first kappa shape index (κ1) is 12.9. The summed E-state index contributed by atoms with van der Waals surface area (Å²) >= 11 is 1.44. The number of benzene rings is 1. The zero-order valence-corrected chi connectivity index (χ0v) is 11.9. The lowest BCUT2D eigenvalue weighted by molar-refractivity contribution is -0.116. The highest BCUT2D eigenvalue weighted by molar-refractivity contribution is 8.14. The van der Waals surface area contributed by atoms with E-state index in [0.29, 0.717) is 16.6 Å². The Labute approximate surface area is 120 Å². The Bertz CT molecular complexity index is 725. The third kappa shape index (κ3) is 2.12. The van der Waals surface area contributed by atoms with Crippen LogP contribution in [0.5, 0.6) is 0 Å². The Morgan fingerprint density at radius 3 is 3.10 bits per heavy atom. The number of amidine groups is 1. The predicted molar refractivity (Wildman–Crippen MR) is 80.2 cm³/mol. The van der Waals surface area contributed by atoms with Gasteiger partial charge < -0.3 is 0 Å². The second-order valence-corrected chi connectivity index (χ2v) is 5.44. The number of rotatable bonds is 2. The monoisotopic (exact) mass is 286 g/mol. The molecule has 0 unspecified atom stereocenters. The van der Waals surface area contributed by atoms with Crippen LogP contribution in [0.1, 0.15) is 6.92 Å². The van der Waals surface area contributed by atoms with Crippen LogP contribution in [0.4, 0.5) is 0 Å². The summed E-state index contributed by atoms with van der Waals surface area (Å²) in [6.45, 7) is 5.59. The standard InChI is InChI=1S/C14H14N4OS/c1-3-8-20-14-16-13(19)12-10-6-4-5-7-11(10)15-9(2)18(12)17-14/h3-7,9H,1,8H2,2H3,(H,16,17,19)/t9-/m0/s1. The van der Waals surface area contributed by atoms with Gasteiger partial charge in [0.2, 0.25) is 0 Å². The molecule has 1 N–H and O–H groups in total. The molecule has 0 saturated carbocycles. The fourth-order valence-electron chi connectivity index (χ4n) is 2.19. The number of thioether (sulfide) groups is 1. The zero-order valence-electron chi connectivity index (χ0n) is 11.0. The fourth-order valence-corrected chi connectivity index (χ4v) is 2.78. The molecule has 1 aromatic rings. The predicted octanol–water partition coefficient (Wildman–Crippen LogP) is 0.396. The molecule has 2 aliphatic rings. The Morgan fingerprint density at radius 2 is 2.30 bits per heavy atom. The van der Waals surface area contributed by atoms with Gasteiger partial charge in [-0.05, 0) is 13.0 Å². The van der Waals surface area contributed by atoms with Crippen LogP contribution in [0.15, 0.2) is 47.0 Å². The van der Waals surface area contributed by atoms with Gasteiger partial charge in [-0.2, -0.15) is 0 Å². The van der Waals surface area contributed by atoms with Crippen LogP contribution in [0.25, 0.3) is 5.70 Å². The van der Waals surface area contributed by atoms with Crippen LogP contribution in [0.3, 0.4) is 0 Å². The van der Waals surface area contributed by atoms with Crippen LogP contribution in [-0.2, 0) is 4.79 Å². The third-order valence-corrected chi connectivity index (χ3v) is 3.90. The van der Waals surface area contributed by atoms with Crippen LogP contribution < -0.4 is 15.9 Å². The molecular weight excluding hydrogens is 272 g/mol. The minimum absolute atomic E-state index is 0.138. The van der Waals surface area contributed by atoms with Crippen molar-refractivity contribution in [1.29, 1.82) is 0 Å². The zero-order chi connectivity index (χ0) is 14.1. The first-order valence-corrected chi connectivity index (χ1v) is 7.29. The molecule has 102 valence electrons. The number of hydrazone groups is 1. The number of hydrogen-bond acceptors (Lipinski definition) is 5. The van der Waals surface area contributed by atoms with E-state index < -0.39 is 0 Å². The maximum absolute atomic E-state index is 12.4. The number of nitrogens with zero attached hydrogens (tertiary/aromatic N) is 3. The molecule has 1 atom stereocenters. The first-order valence-electron chi connectivity index (χ1n) is 6.31. The van der Waals surface area contributed by atoms with Crippen molar-refractivity contribution in [2.24, 2.45) is 10.1 Å². The lowest BCUT2D eigenvalue weighted by Gasteiger charge is -2.32. The van der Waals surface area contributed by atoms with Crippen LogP contribution in [0, 0.1) is 0 Å². The van der Waals surface area contributed by atoms with Gasteiger partial charge in [0.25, 0.3) is 5.91 Å². The molecule has 5 nitrogen and oxygen atoms in total. The summed E-state index contributed by atoms with van der Waals surface area (Å²) in [5.74, 6) is 0.561. The van der Waals surface area contributed by atoms with Crippen LogP contribution in [-0.4, -0.2) is 28.0 Å². The molecule has 0 fully saturated rings. The van der Waals surface area contributed by atoms with Gasteiger partial charge in [0.15, 0.2) is 5.17 Å². The molecule has 0 aliphatic carbocycles. The SMILES string of the molecule is C=CCSC1=NN2C(=c3ccccc3=N[C@@H]2C)C(=O)N1. The number of carbonyl (C=O) groups excluding carboxylic acids is 1. The molecule has 2 aliphatic heterocycles. The molecule has 1 amide bonds. The molecule has 0 saturated heterocycles. The molecule has 2 heterocycles. The second-order valence-electron chi connectivity index (χ2n) is 4.43. The maximum atomic E-state index is 12.4. The number of nitrogens with one attached hydrogen (secondary N) is 1. The smallest absolute Gasteiger partial charge is 0.276 e. The van der Waals surface area contributed by atoms with Gasteiger partial charge in [0.1, 0.15) is 11.9 Å². The molecule has 0 aromatic heterocycles. The summed E-state index contributed by atoms with van der Waals surface area (Å²) in [6, 6.07) is 7.62. The fraction of sp³-hybridized carbons (Fsp3) is 0.214. The molecule has 6 heteroatoms. The van der Waals surface area contributed by atoms with Crippen LogP contribution in [0.2, 0.25) is 0 Å². The summed E-state index contributed by atoms with van der Waals surface area (Å²) in [5, 5.41) is 11.2. The average molecular weight is 286 g/mol. The van der Waals surface area contributed by atoms with E-state index in [9.17, 15) is 4.79 Å². The molecule has 0 radical (unpaired) electrons. The molecule has 20 heavy (non-hydrogen) atoms. The molecule has 0 spiro atoms. The van der Waals surface area contributed by atoms with E-state index in [1.54, 1.807) is 11.1 Å². The number of amides is 1. The van der Waals surface area contributed by atoms with Crippen molar-refractivity contribution < 1.29 is 4.79 Å². The summed E-state index contributed by atoms with van der Waals surface area (Å²) < 4.78 is 0. The van der Waals surface area contributed by atoms with Gasteiger partial charge in [0, 0.05) is 11.0 Å². The molecule has 0 bridgehead atoms. The Balaban J connectivity index is 2.13. The van der Waals surface area contributed by atoms with E-state index in [-0.39, 0.29) is 12.1 Å². The van der Waals surface area contributed by atoms with E-state index in [1.165, 1.54) is 11.8 Å². The van der Waals surface area contributed by atoms with Crippen molar-refractivity contribution in [3.8, 4) is 0 Å². The largest absolute Gasteiger partial charge is 0.298 e. The van der Waals surface area contributed by atoms with Gasteiger partial charge >= 0.3 is 0 Å². The van der Waals surface area contributed by atoms with Gasteiger partial charge in [-0.1, -0.05) is 36.0 Å². The normalized spacial score (nSPS) is 20.4. The van der Waals surface area contributed by atoms with Gasteiger partial charge in [-0.15, -0.1) is 11.7 Å². The van der Waals surface area contributed by atoms with Crippen molar-refractivity contribution in [3.05, 3.63) is 47.5 Å². The van der Waals surface area contributed by atoms with Crippen molar-refractivity contribution in [2.45, 2.75) is 13.1 Å². The summed E-state index contributed by atoms with van der Waals surface area (Å²) in [6.07, 6.45) is 1.59. The highest BCUT2D eigenvalue weighted by atomic mass is 32.2. The Kier molecular flexibility index (Phi) is 3.31. The quantitative estimate of drug-likeness (QED) is 0.801. The van der Waals surface area contributed by atoms with E-state index >= 15 is 0 Å². The van der Waals surface area contributed by atoms with E-state index in [0.717, 1.165) is 10.6 Å². The van der Waals surface area contributed by atoms with Crippen molar-refractivity contribution in [2.75, 3.05) is 5.75 Å². The Morgan fingerprint density at radius 1 is 1.50 bits per heavy atom. The van der Waals surface area contributed by atoms with Gasteiger partial charge in [-0.3, -0.25) is 15.1 Å². The first-order chi connectivity index (χ1) is 9.70. The van der Waals surface area contributed by atoms with Crippen molar-refractivity contribution in [3.63, 3.8) is 0 Å².